The Labute approximate surface area is 157 Å². The second-order valence-corrected chi connectivity index (χ2v) is 8.67. The summed E-state index contributed by atoms with van der Waals surface area (Å²) in [6, 6.07) is 14.0. The SMILES string of the molecule is CC(C)Oc1ccc(S(=O)(=O)NCc2cccnc2-c2cccs2)cc1. The van der Waals surface area contributed by atoms with E-state index in [1.54, 1.807) is 47.9 Å². The third kappa shape index (κ3) is 4.49. The minimum absolute atomic E-state index is 0.0387. The quantitative estimate of drug-likeness (QED) is 0.662. The monoisotopic (exact) mass is 388 g/mol. The highest BCUT2D eigenvalue weighted by Gasteiger charge is 2.16. The third-order valence-corrected chi connectivity index (χ3v) is 5.90. The van der Waals surface area contributed by atoms with Crippen LogP contribution in [0.4, 0.5) is 0 Å². The van der Waals surface area contributed by atoms with Crippen molar-refractivity contribution in [2.45, 2.75) is 31.4 Å². The molecule has 0 aliphatic heterocycles. The first-order chi connectivity index (χ1) is 12.5. The smallest absolute Gasteiger partial charge is 0.240 e. The number of rotatable bonds is 7. The summed E-state index contributed by atoms with van der Waals surface area (Å²) in [5.74, 6) is 0.645. The van der Waals surface area contributed by atoms with Crippen LogP contribution in [0.5, 0.6) is 5.75 Å². The van der Waals surface area contributed by atoms with Crippen LogP contribution in [0.15, 0.2) is 65.0 Å². The van der Waals surface area contributed by atoms with E-state index in [9.17, 15) is 8.42 Å². The number of aromatic nitrogens is 1. The van der Waals surface area contributed by atoms with Gasteiger partial charge < -0.3 is 4.74 Å². The molecule has 0 unspecified atom stereocenters. The van der Waals surface area contributed by atoms with Gasteiger partial charge in [-0.2, -0.15) is 0 Å². The Morgan fingerprint density at radius 2 is 1.88 bits per heavy atom. The standard InChI is InChI=1S/C19H20N2O3S2/c1-14(2)24-16-7-9-17(10-8-16)26(22,23)21-13-15-5-3-11-20-19(15)18-6-4-12-25-18/h3-12,14,21H,13H2,1-2H3. The van der Waals surface area contributed by atoms with Gasteiger partial charge in [0, 0.05) is 12.7 Å². The summed E-state index contributed by atoms with van der Waals surface area (Å²) in [7, 11) is -3.62. The molecule has 1 N–H and O–H groups in total. The highest BCUT2D eigenvalue weighted by molar-refractivity contribution is 7.89. The van der Waals surface area contributed by atoms with Gasteiger partial charge in [-0.1, -0.05) is 12.1 Å². The van der Waals surface area contributed by atoms with Crippen LogP contribution in [0.2, 0.25) is 0 Å². The van der Waals surface area contributed by atoms with Crippen LogP contribution in [-0.4, -0.2) is 19.5 Å². The molecule has 0 fully saturated rings. The Bertz CT molecular complexity index is 951. The summed E-state index contributed by atoms with van der Waals surface area (Å²) in [4.78, 5) is 5.61. The van der Waals surface area contributed by atoms with E-state index in [2.05, 4.69) is 9.71 Å². The van der Waals surface area contributed by atoms with Crippen molar-refractivity contribution < 1.29 is 13.2 Å². The molecule has 0 bridgehead atoms. The number of hydrogen-bond acceptors (Lipinski definition) is 5. The number of ether oxygens (including phenoxy) is 1. The summed E-state index contributed by atoms with van der Waals surface area (Å²) >= 11 is 1.57. The molecule has 0 saturated carbocycles. The topological polar surface area (TPSA) is 68.3 Å². The molecule has 0 radical (unpaired) electrons. The van der Waals surface area contributed by atoms with E-state index in [1.165, 1.54) is 0 Å². The molecule has 26 heavy (non-hydrogen) atoms. The summed E-state index contributed by atoms with van der Waals surface area (Å²) in [6.45, 7) is 4.02. The predicted octanol–water partition coefficient (Wildman–Crippen LogP) is 4.08. The Kier molecular flexibility index (Phi) is 5.70. The summed E-state index contributed by atoms with van der Waals surface area (Å²) in [5, 5.41) is 1.97. The minimum Gasteiger partial charge on any atom is -0.491 e. The Hall–Kier alpha value is -2.22. The first-order valence-electron chi connectivity index (χ1n) is 8.20. The van der Waals surface area contributed by atoms with Gasteiger partial charge in [0.25, 0.3) is 0 Å². The third-order valence-electron chi connectivity index (χ3n) is 3.60. The molecule has 0 aliphatic rings. The molecule has 0 atom stereocenters. The average Bonchev–Trinajstić information content (AvgIpc) is 3.15. The molecule has 5 nitrogen and oxygen atoms in total. The van der Waals surface area contributed by atoms with Gasteiger partial charge in [0.2, 0.25) is 10.0 Å². The first-order valence-corrected chi connectivity index (χ1v) is 10.6. The molecule has 3 rings (SSSR count). The van der Waals surface area contributed by atoms with E-state index < -0.39 is 10.0 Å². The molecule has 3 aromatic rings. The maximum Gasteiger partial charge on any atom is 0.240 e. The fourth-order valence-electron chi connectivity index (χ4n) is 2.44. The van der Waals surface area contributed by atoms with Gasteiger partial charge in [0.15, 0.2) is 0 Å². The van der Waals surface area contributed by atoms with E-state index in [4.69, 9.17) is 4.74 Å². The van der Waals surface area contributed by atoms with Gasteiger partial charge in [0.1, 0.15) is 5.75 Å². The van der Waals surface area contributed by atoms with E-state index in [0.717, 1.165) is 16.1 Å². The molecule has 0 saturated heterocycles. The Morgan fingerprint density at radius 1 is 1.12 bits per heavy atom. The predicted molar refractivity (Wildman–Crippen MR) is 104 cm³/mol. The van der Waals surface area contributed by atoms with Gasteiger partial charge in [-0.15, -0.1) is 11.3 Å². The van der Waals surface area contributed by atoms with Gasteiger partial charge in [0.05, 0.1) is 21.6 Å². The summed E-state index contributed by atoms with van der Waals surface area (Å²) in [6.07, 6.45) is 1.75. The van der Waals surface area contributed by atoms with Gasteiger partial charge >= 0.3 is 0 Å². The van der Waals surface area contributed by atoms with Crippen molar-refractivity contribution >= 4 is 21.4 Å². The van der Waals surface area contributed by atoms with Gasteiger partial charge in [-0.25, -0.2) is 13.1 Å². The number of sulfonamides is 1. The minimum atomic E-state index is -3.62. The first kappa shape index (κ1) is 18.6. The van der Waals surface area contributed by atoms with Crippen LogP contribution < -0.4 is 9.46 Å². The summed E-state index contributed by atoms with van der Waals surface area (Å²) in [5.41, 5.74) is 1.63. The molecule has 1 aromatic carbocycles. The lowest BCUT2D eigenvalue weighted by atomic mass is 10.2. The molecule has 2 heterocycles. The van der Waals surface area contributed by atoms with E-state index in [0.29, 0.717) is 5.75 Å². The van der Waals surface area contributed by atoms with Crippen LogP contribution in [0, 0.1) is 0 Å². The Morgan fingerprint density at radius 3 is 2.54 bits per heavy atom. The number of thiophene rings is 1. The fourth-order valence-corrected chi connectivity index (χ4v) is 4.20. The average molecular weight is 389 g/mol. The zero-order chi connectivity index (χ0) is 18.6. The van der Waals surface area contributed by atoms with E-state index in [-0.39, 0.29) is 17.5 Å². The second-order valence-electron chi connectivity index (χ2n) is 5.95. The molecular weight excluding hydrogens is 368 g/mol. The van der Waals surface area contributed by atoms with Crippen molar-refractivity contribution in [2.24, 2.45) is 0 Å². The number of nitrogens with zero attached hydrogens (tertiary/aromatic N) is 1. The van der Waals surface area contributed by atoms with Crippen LogP contribution in [-0.2, 0) is 16.6 Å². The van der Waals surface area contributed by atoms with Crippen LogP contribution >= 0.6 is 11.3 Å². The molecule has 136 valence electrons. The maximum atomic E-state index is 12.6. The molecular formula is C19H20N2O3S2. The molecule has 7 heteroatoms. The van der Waals surface area contributed by atoms with Crippen molar-refractivity contribution in [3.05, 3.63) is 65.7 Å². The lowest BCUT2D eigenvalue weighted by Crippen LogP contribution is -2.23. The van der Waals surface area contributed by atoms with Crippen molar-refractivity contribution in [1.82, 2.24) is 9.71 Å². The van der Waals surface area contributed by atoms with E-state index in [1.807, 2.05) is 37.4 Å². The van der Waals surface area contributed by atoms with Crippen molar-refractivity contribution in [1.29, 1.82) is 0 Å². The van der Waals surface area contributed by atoms with Gasteiger partial charge in [-0.3, -0.25) is 4.98 Å². The lowest BCUT2D eigenvalue weighted by Gasteiger charge is -2.12. The highest BCUT2D eigenvalue weighted by Crippen LogP contribution is 2.26. The van der Waals surface area contributed by atoms with Crippen LogP contribution in [0.3, 0.4) is 0 Å². The van der Waals surface area contributed by atoms with Gasteiger partial charge in [-0.05, 0) is 61.2 Å². The zero-order valence-electron chi connectivity index (χ0n) is 14.5. The van der Waals surface area contributed by atoms with Crippen LogP contribution in [0.1, 0.15) is 19.4 Å². The zero-order valence-corrected chi connectivity index (χ0v) is 16.2. The lowest BCUT2D eigenvalue weighted by molar-refractivity contribution is 0.242. The molecule has 0 aliphatic carbocycles. The number of hydrogen-bond donors (Lipinski definition) is 1. The number of pyridine rings is 1. The fraction of sp³-hybridized carbons (Fsp3) is 0.211. The molecule has 2 aromatic heterocycles. The van der Waals surface area contributed by atoms with Crippen LogP contribution in [0.25, 0.3) is 10.6 Å². The van der Waals surface area contributed by atoms with Crippen molar-refractivity contribution in [3.8, 4) is 16.3 Å². The van der Waals surface area contributed by atoms with Crippen molar-refractivity contribution in [3.63, 3.8) is 0 Å². The number of benzene rings is 1. The Balaban J connectivity index is 1.75. The second kappa shape index (κ2) is 7.99. The number of nitrogens with one attached hydrogen (secondary N) is 1. The summed E-state index contributed by atoms with van der Waals surface area (Å²) < 4.78 is 33.3. The largest absolute Gasteiger partial charge is 0.491 e. The normalized spacial score (nSPS) is 11.7. The molecule has 0 amide bonds. The maximum absolute atomic E-state index is 12.6. The molecule has 0 spiro atoms. The highest BCUT2D eigenvalue weighted by atomic mass is 32.2. The van der Waals surface area contributed by atoms with E-state index >= 15 is 0 Å². The van der Waals surface area contributed by atoms with Crippen molar-refractivity contribution in [2.75, 3.05) is 0 Å².